The van der Waals surface area contributed by atoms with Crippen molar-refractivity contribution in [1.82, 2.24) is 15.5 Å². The fourth-order valence-corrected chi connectivity index (χ4v) is 3.85. The molecule has 1 aliphatic rings. The number of carbonyl (C=O) groups is 4. The highest BCUT2D eigenvalue weighted by Gasteiger charge is 2.34. The van der Waals surface area contributed by atoms with Crippen LogP contribution in [0.3, 0.4) is 0 Å². The molecule has 7 nitrogen and oxygen atoms in total. The summed E-state index contributed by atoms with van der Waals surface area (Å²) >= 11 is 6.64. The number of nitrogens with one attached hydrogen (secondary N) is 2. The number of benzene rings is 2. The van der Waals surface area contributed by atoms with Crippen LogP contribution in [0.4, 0.5) is 13.6 Å². The number of carbonyl (C=O) groups excluding carboxylic acids is 4. The van der Waals surface area contributed by atoms with Crippen LogP contribution < -0.4 is 10.6 Å². The van der Waals surface area contributed by atoms with Gasteiger partial charge in [-0.25, -0.2) is 8.78 Å². The average Bonchev–Trinajstić information content (AvgIpc) is 3.02. The summed E-state index contributed by atoms with van der Waals surface area (Å²) in [4.78, 5) is 49.7. The second-order valence-electron chi connectivity index (χ2n) is 6.86. The number of hydrogen-bond acceptors (Lipinski definition) is 5. The van der Waals surface area contributed by atoms with Gasteiger partial charge in [-0.3, -0.25) is 24.1 Å². The molecule has 0 aromatic heterocycles. The predicted octanol–water partition coefficient (Wildman–Crippen LogP) is 3.59. The highest BCUT2D eigenvalue weighted by atomic mass is 35.5. The van der Waals surface area contributed by atoms with Gasteiger partial charge in [0, 0.05) is 37.1 Å². The van der Waals surface area contributed by atoms with E-state index in [-0.39, 0.29) is 36.5 Å². The van der Waals surface area contributed by atoms with Crippen molar-refractivity contribution in [2.75, 3.05) is 19.6 Å². The smallest absolute Gasteiger partial charge is 0.293 e. The van der Waals surface area contributed by atoms with E-state index in [9.17, 15) is 28.0 Å². The molecule has 2 aromatic carbocycles. The number of imide groups is 1. The zero-order valence-electron chi connectivity index (χ0n) is 17.1. The minimum absolute atomic E-state index is 0.0124. The third kappa shape index (κ3) is 6.62. The van der Waals surface area contributed by atoms with Gasteiger partial charge in [-0.05, 0) is 47.7 Å². The maximum Gasteiger partial charge on any atom is 0.293 e. The van der Waals surface area contributed by atoms with E-state index in [0.717, 1.165) is 34.4 Å². The van der Waals surface area contributed by atoms with E-state index in [4.69, 9.17) is 11.6 Å². The van der Waals surface area contributed by atoms with E-state index >= 15 is 0 Å². The summed E-state index contributed by atoms with van der Waals surface area (Å²) in [6.07, 6.45) is 1.49. The molecule has 1 heterocycles. The predicted molar refractivity (Wildman–Crippen MR) is 120 cm³/mol. The van der Waals surface area contributed by atoms with Crippen molar-refractivity contribution in [3.05, 3.63) is 75.2 Å². The largest absolute Gasteiger partial charge is 0.354 e. The first-order valence-electron chi connectivity index (χ1n) is 9.75. The lowest BCUT2D eigenvalue weighted by Gasteiger charge is -2.13. The molecule has 1 fully saturated rings. The Labute approximate surface area is 197 Å². The maximum absolute atomic E-state index is 13.6. The zero-order valence-corrected chi connectivity index (χ0v) is 18.6. The number of halogens is 3. The lowest BCUT2D eigenvalue weighted by molar-refractivity contribution is -0.124. The molecule has 172 valence electrons. The molecule has 0 aliphatic carbocycles. The topological polar surface area (TPSA) is 95.6 Å². The minimum atomic E-state index is -1.00. The van der Waals surface area contributed by atoms with Gasteiger partial charge in [0.2, 0.25) is 5.91 Å². The molecule has 2 N–H and O–H groups in total. The van der Waals surface area contributed by atoms with E-state index in [0.29, 0.717) is 11.1 Å². The quantitative estimate of drug-likeness (QED) is 0.548. The molecule has 1 saturated heterocycles. The number of rotatable bonds is 8. The molecule has 33 heavy (non-hydrogen) atoms. The van der Waals surface area contributed by atoms with Gasteiger partial charge < -0.3 is 10.6 Å². The number of hydrogen-bond donors (Lipinski definition) is 2. The zero-order chi connectivity index (χ0) is 24.0. The van der Waals surface area contributed by atoms with Crippen LogP contribution in [0.25, 0.3) is 6.08 Å². The van der Waals surface area contributed by atoms with Gasteiger partial charge in [0.25, 0.3) is 17.1 Å². The molecule has 0 atom stereocenters. The summed E-state index contributed by atoms with van der Waals surface area (Å²) in [5.74, 6) is -3.46. The lowest BCUT2D eigenvalue weighted by Crippen LogP contribution is -2.38. The van der Waals surface area contributed by atoms with Gasteiger partial charge >= 0.3 is 0 Å². The molecule has 0 saturated carbocycles. The van der Waals surface area contributed by atoms with Crippen molar-refractivity contribution in [3.8, 4) is 0 Å². The number of amides is 4. The van der Waals surface area contributed by atoms with E-state index in [1.807, 2.05) is 0 Å². The second kappa shape index (κ2) is 11.1. The fourth-order valence-electron chi connectivity index (χ4n) is 2.86. The molecule has 3 rings (SSSR count). The Morgan fingerprint density at radius 2 is 1.76 bits per heavy atom. The molecule has 11 heteroatoms. The maximum atomic E-state index is 13.6. The van der Waals surface area contributed by atoms with Gasteiger partial charge in [0.1, 0.15) is 11.6 Å². The average molecular weight is 494 g/mol. The van der Waals surface area contributed by atoms with Gasteiger partial charge in [0.05, 0.1) is 10.5 Å². The second-order valence-corrected chi connectivity index (χ2v) is 8.29. The molecule has 0 spiro atoms. The van der Waals surface area contributed by atoms with Crippen LogP contribution in [0, 0.1) is 11.6 Å². The summed E-state index contributed by atoms with van der Waals surface area (Å²) in [5, 5.41) is 5.03. The summed E-state index contributed by atoms with van der Waals surface area (Å²) in [5.41, 5.74) is 0.392. The Hall–Kier alpha value is -3.24. The van der Waals surface area contributed by atoms with E-state index in [2.05, 4.69) is 10.6 Å². The first kappa shape index (κ1) is 24.4. The Bertz CT molecular complexity index is 1130. The van der Waals surface area contributed by atoms with Crippen molar-refractivity contribution >= 4 is 52.4 Å². The monoisotopic (exact) mass is 493 g/mol. The van der Waals surface area contributed by atoms with Crippen LogP contribution in [0.2, 0.25) is 5.02 Å². The van der Waals surface area contributed by atoms with E-state index in [1.54, 1.807) is 30.3 Å². The third-order valence-electron chi connectivity index (χ3n) is 4.51. The van der Waals surface area contributed by atoms with Gasteiger partial charge in [-0.15, -0.1) is 0 Å². The SMILES string of the molecule is O=C(CCNC(=O)c1ccc(F)cc1F)NCCN1C(=O)S/C(=C\c2ccc(Cl)cc2)C1=O. The van der Waals surface area contributed by atoms with Crippen molar-refractivity contribution < 1.29 is 28.0 Å². The lowest BCUT2D eigenvalue weighted by atomic mass is 10.2. The van der Waals surface area contributed by atoms with E-state index < -0.39 is 34.6 Å². The first-order chi connectivity index (χ1) is 15.7. The molecule has 0 bridgehead atoms. The highest BCUT2D eigenvalue weighted by Crippen LogP contribution is 2.32. The molecule has 1 aliphatic heterocycles. The number of thioether (sulfide) groups is 1. The standard InChI is InChI=1S/C22H18ClF2N3O4S/c23-14-3-1-13(2-4-14)11-18-21(31)28(22(32)33-18)10-9-26-19(29)7-8-27-20(30)16-6-5-15(24)12-17(16)25/h1-6,11-12H,7-10H2,(H,26,29)(H,27,30)/b18-11-. The normalized spacial score (nSPS) is 14.6. The molecule has 0 radical (unpaired) electrons. The van der Waals surface area contributed by atoms with Gasteiger partial charge in [0.15, 0.2) is 0 Å². The molecule has 2 aromatic rings. The summed E-state index contributed by atoms with van der Waals surface area (Å²) < 4.78 is 26.5. The molecular weight excluding hydrogens is 476 g/mol. The molecular formula is C22H18ClF2N3O4S. The van der Waals surface area contributed by atoms with Crippen LogP contribution in [0.5, 0.6) is 0 Å². The van der Waals surface area contributed by atoms with Crippen molar-refractivity contribution in [2.24, 2.45) is 0 Å². The Morgan fingerprint density at radius 3 is 2.45 bits per heavy atom. The summed E-state index contributed by atoms with van der Waals surface area (Å²) in [6.45, 7) is -0.0555. The minimum Gasteiger partial charge on any atom is -0.354 e. The van der Waals surface area contributed by atoms with Crippen LogP contribution in [-0.4, -0.2) is 47.5 Å². The van der Waals surface area contributed by atoms with E-state index in [1.165, 1.54) is 0 Å². The highest BCUT2D eigenvalue weighted by molar-refractivity contribution is 8.18. The fraction of sp³-hybridized carbons (Fsp3) is 0.182. The van der Waals surface area contributed by atoms with Crippen LogP contribution >= 0.6 is 23.4 Å². The molecule has 4 amide bonds. The number of nitrogens with zero attached hydrogens (tertiary/aromatic N) is 1. The van der Waals surface area contributed by atoms with Crippen LogP contribution in [0.15, 0.2) is 47.4 Å². The first-order valence-corrected chi connectivity index (χ1v) is 10.9. The third-order valence-corrected chi connectivity index (χ3v) is 5.67. The van der Waals surface area contributed by atoms with Gasteiger partial charge in [-0.1, -0.05) is 23.7 Å². The van der Waals surface area contributed by atoms with Crippen molar-refractivity contribution in [3.63, 3.8) is 0 Å². The van der Waals surface area contributed by atoms with Crippen LogP contribution in [-0.2, 0) is 9.59 Å². The Morgan fingerprint density at radius 1 is 1.03 bits per heavy atom. The van der Waals surface area contributed by atoms with Crippen molar-refractivity contribution in [1.29, 1.82) is 0 Å². The van der Waals surface area contributed by atoms with Crippen LogP contribution in [0.1, 0.15) is 22.3 Å². The summed E-state index contributed by atoms with van der Waals surface area (Å²) in [7, 11) is 0. The summed E-state index contributed by atoms with van der Waals surface area (Å²) in [6, 6.07) is 9.35. The van der Waals surface area contributed by atoms with Gasteiger partial charge in [-0.2, -0.15) is 0 Å². The Kier molecular flexibility index (Phi) is 8.18. The van der Waals surface area contributed by atoms with Crippen molar-refractivity contribution in [2.45, 2.75) is 6.42 Å². The molecule has 0 unspecified atom stereocenters. The Balaban J connectivity index is 1.42.